The monoisotopic (exact) mass is 241 g/mol. The fourth-order valence-electron chi connectivity index (χ4n) is 0.585. The maximum Gasteiger partial charge on any atom is 0.433 e. The van der Waals surface area contributed by atoms with Gasteiger partial charge < -0.3 is 5.11 Å². The first-order valence-electron chi connectivity index (χ1n) is 2.84. The van der Waals surface area contributed by atoms with E-state index in [1.165, 1.54) is 0 Å². The van der Waals surface area contributed by atoms with Crippen LogP contribution in [0.4, 0.5) is 13.2 Å². The minimum Gasteiger partial charge on any atom is -0.505 e. The molecule has 1 aromatic rings. The zero-order valence-electron chi connectivity index (χ0n) is 5.56. The van der Waals surface area contributed by atoms with Crippen molar-refractivity contribution in [3.05, 3.63) is 22.4 Å². The van der Waals surface area contributed by atoms with Gasteiger partial charge in [-0.1, -0.05) is 0 Å². The van der Waals surface area contributed by atoms with Crippen LogP contribution >= 0.6 is 15.9 Å². The van der Waals surface area contributed by atoms with E-state index in [1.807, 2.05) is 0 Å². The molecule has 1 N–H and O–H groups in total. The highest BCUT2D eigenvalue weighted by atomic mass is 79.9. The molecule has 66 valence electrons. The lowest BCUT2D eigenvalue weighted by Crippen LogP contribution is -2.07. The number of aromatic hydroxyl groups is 1. The predicted molar refractivity (Wildman–Crippen MR) is 38.6 cm³/mol. The van der Waals surface area contributed by atoms with E-state index in [0.29, 0.717) is 6.07 Å². The molecule has 0 saturated carbocycles. The van der Waals surface area contributed by atoms with Crippen molar-refractivity contribution in [3.8, 4) is 5.75 Å². The van der Waals surface area contributed by atoms with Crippen molar-refractivity contribution in [3.63, 3.8) is 0 Å². The summed E-state index contributed by atoms with van der Waals surface area (Å²) in [4.78, 5) is 3.09. The van der Waals surface area contributed by atoms with Crippen LogP contribution in [0.3, 0.4) is 0 Å². The highest BCUT2D eigenvalue weighted by molar-refractivity contribution is 9.10. The molecule has 0 atom stereocenters. The molecule has 12 heavy (non-hydrogen) atoms. The van der Waals surface area contributed by atoms with Gasteiger partial charge in [0.05, 0.1) is 0 Å². The van der Waals surface area contributed by atoms with Gasteiger partial charge in [-0.3, -0.25) is 0 Å². The van der Waals surface area contributed by atoms with E-state index in [-0.39, 0.29) is 10.4 Å². The average Bonchev–Trinajstić information content (AvgIpc) is 1.92. The molecule has 1 heterocycles. The topological polar surface area (TPSA) is 33.1 Å². The van der Waals surface area contributed by atoms with Crippen LogP contribution in [0.1, 0.15) is 5.69 Å². The summed E-state index contributed by atoms with van der Waals surface area (Å²) in [7, 11) is 0. The van der Waals surface area contributed by atoms with E-state index in [9.17, 15) is 13.2 Å². The summed E-state index contributed by atoms with van der Waals surface area (Å²) in [5.74, 6) is -0.317. The summed E-state index contributed by atoms with van der Waals surface area (Å²) in [6.45, 7) is 0. The maximum atomic E-state index is 11.9. The molecule has 0 aliphatic carbocycles. The molecule has 0 spiro atoms. The molecule has 0 aromatic carbocycles. The van der Waals surface area contributed by atoms with Gasteiger partial charge in [0.2, 0.25) is 0 Å². The molecule has 0 unspecified atom stereocenters. The maximum absolute atomic E-state index is 11.9. The second-order valence-corrected chi connectivity index (χ2v) is 2.76. The van der Waals surface area contributed by atoms with Crippen LogP contribution in [0.2, 0.25) is 0 Å². The van der Waals surface area contributed by atoms with Crippen molar-refractivity contribution in [2.24, 2.45) is 0 Å². The third-order valence-electron chi connectivity index (χ3n) is 1.12. The number of hydrogen-bond donors (Lipinski definition) is 1. The average molecular weight is 242 g/mol. The highest BCUT2D eigenvalue weighted by Gasteiger charge is 2.32. The van der Waals surface area contributed by atoms with E-state index in [4.69, 9.17) is 5.11 Å². The Kier molecular flexibility index (Phi) is 2.27. The number of aromatic nitrogens is 1. The number of rotatable bonds is 0. The van der Waals surface area contributed by atoms with Crippen molar-refractivity contribution in [1.29, 1.82) is 0 Å². The van der Waals surface area contributed by atoms with Crippen LogP contribution in [0.25, 0.3) is 0 Å². The summed E-state index contributed by atoms with van der Waals surface area (Å²) in [6.07, 6.45) is -4.48. The standard InChI is InChI=1S/C6H3BrF3NO/c7-5-3(12)1-2-4(11-5)6(8,9)10/h1-2,12H. The van der Waals surface area contributed by atoms with Gasteiger partial charge in [-0.05, 0) is 28.1 Å². The number of halogens is 4. The van der Waals surface area contributed by atoms with Crippen LogP contribution in [-0.4, -0.2) is 10.1 Å². The first-order chi connectivity index (χ1) is 5.41. The number of alkyl halides is 3. The molecule has 2 nitrogen and oxygen atoms in total. The SMILES string of the molecule is Oc1ccc(C(F)(F)F)nc1Br. The molecular formula is C6H3BrF3NO. The third kappa shape index (κ3) is 1.88. The molecule has 0 saturated heterocycles. The van der Waals surface area contributed by atoms with Crippen molar-refractivity contribution in [2.45, 2.75) is 6.18 Å². The lowest BCUT2D eigenvalue weighted by atomic mass is 10.3. The Balaban J connectivity index is 3.14. The van der Waals surface area contributed by atoms with Gasteiger partial charge in [0.15, 0.2) is 0 Å². The van der Waals surface area contributed by atoms with E-state index < -0.39 is 11.9 Å². The van der Waals surface area contributed by atoms with Crippen LogP contribution in [0.15, 0.2) is 16.7 Å². The van der Waals surface area contributed by atoms with E-state index >= 15 is 0 Å². The Labute approximate surface area is 74.2 Å². The Hall–Kier alpha value is -0.780. The summed E-state index contributed by atoms with van der Waals surface area (Å²) in [5.41, 5.74) is -1.04. The van der Waals surface area contributed by atoms with E-state index in [2.05, 4.69) is 20.9 Å². The molecule has 0 amide bonds. The van der Waals surface area contributed by atoms with Crippen LogP contribution in [0.5, 0.6) is 5.75 Å². The Bertz CT molecular complexity index is 299. The second-order valence-electron chi connectivity index (χ2n) is 2.00. The quantitative estimate of drug-likeness (QED) is 0.709. The molecule has 0 fully saturated rings. The smallest absolute Gasteiger partial charge is 0.433 e. The zero-order chi connectivity index (χ0) is 9.35. The van der Waals surface area contributed by atoms with Gasteiger partial charge in [-0.15, -0.1) is 0 Å². The van der Waals surface area contributed by atoms with Gasteiger partial charge in [0.1, 0.15) is 16.0 Å². The van der Waals surface area contributed by atoms with E-state index in [1.54, 1.807) is 0 Å². The first-order valence-corrected chi connectivity index (χ1v) is 3.63. The van der Waals surface area contributed by atoms with Crippen molar-refractivity contribution < 1.29 is 18.3 Å². The third-order valence-corrected chi connectivity index (χ3v) is 1.70. The van der Waals surface area contributed by atoms with Gasteiger partial charge in [0.25, 0.3) is 0 Å². The summed E-state index contributed by atoms with van der Waals surface area (Å²) < 4.78 is 35.6. The van der Waals surface area contributed by atoms with Crippen LogP contribution in [-0.2, 0) is 6.18 Å². The van der Waals surface area contributed by atoms with Gasteiger partial charge in [-0.25, -0.2) is 4.98 Å². The lowest BCUT2D eigenvalue weighted by Gasteiger charge is -2.05. The summed E-state index contributed by atoms with van der Waals surface area (Å²) >= 11 is 2.68. The number of nitrogens with zero attached hydrogens (tertiary/aromatic N) is 1. The molecule has 0 aliphatic rings. The zero-order valence-corrected chi connectivity index (χ0v) is 7.15. The minimum absolute atomic E-state index is 0.211. The molecule has 1 rings (SSSR count). The van der Waals surface area contributed by atoms with Crippen LogP contribution < -0.4 is 0 Å². The Morgan fingerprint density at radius 1 is 1.33 bits per heavy atom. The van der Waals surface area contributed by atoms with Crippen molar-refractivity contribution in [2.75, 3.05) is 0 Å². The number of hydrogen-bond acceptors (Lipinski definition) is 2. The van der Waals surface area contributed by atoms with Crippen molar-refractivity contribution in [1.82, 2.24) is 4.98 Å². The molecule has 0 bridgehead atoms. The first kappa shape index (κ1) is 9.31. The number of pyridine rings is 1. The fourth-order valence-corrected chi connectivity index (χ4v) is 0.908. The molecule has 0 aliphatic heterocycles. The van der Waals surface area contributed by atoms with Crippen molar-refractivity contribution >= 4 is 15.9 Å². The lowest BCUT2D eigenvalue weighted by molar-refractivity contribution is -0.141. The molecule has 1 aromatic heterocycles. The largest absolute Gasteiger partial charge is 0.505 e. The normalized spacial score (nSPS) is 11.7. The van der Waals surface area contributed by atoms with E-state index in [0.717, 1.165) is 6.07 Å². The van der Waals surface area contributed by atoms with Gasteiger partial charge >= 0.3 is 6.18 Å². The van der Waals surface area contributed by atoms with Crippen LogP contribution in [0, 0.1) is 0 Å². The second kappa shape index (κ2) is 2.93. The highest BCUT2D eigenvalue weighted by Crippen LogP contribution is 2.31. The minimum atomic E-state index is -4.48. The molecule has 0 radical (unpaired) electrons. The van der Waals surface area contributed by atoms with Gasteiger partial charge in [-0.2, -0.15) is 13.2 Å². The summed E-state index contributed by atoms with van der Waals surface area (Å²) in [5, 5.41) is 8.83. The Morgan fingerprint density at radius 2 is 1.92 bits per heavy atom. The Morgan fingerprint density at radius 3 is 2.33 bits per heavy atom. The fraction of sp³-hybridized carbons (Fsp3) is 0.167. The summed E-state index contributed by atoms with van der Waals surface area (Å²) in [6, 6.07) is 1.64. The molecular weight excluding hydrogens is 239 g/mol. The van der Waals surface area contributed by atoms with Gasteiger partial charge in [0, 0.05) is 0 Å². The predicted octanol–water partition coefficient (Wildman–Crippen LogP) is 2.57. The molecule has 6 heteroatoms.